The maximum absolute atomic E-state index is 6.24. The maximum atomic E-state index is 6.24. The molecule has 0 bridgehead atoms. The number of nitrogens with zero attached hydrogens (tertiary/aromatic N) is 3. The van der Waals surface area contributed by atoms with E-state index in [-0.39, 0.29) is 20.1 Å². The van der Waals surface area contributed by atoms with Crippen molar-refractivity contribution < 1.29 is 24.5 Å². The first-order chi connectivity index (χ1) is 17.4. The number of rotatable bonds is 2. The third kappa shape index (κ3) is 4.54. The van der Waals surface area contributed by atoms with Crippen molar-refractivity contribution >= 4 is 32.7 Å². The molecule has 0 amide bonds. The van der Waals surface area contributed by atoms with Crippen LogP contribution >= 0.6 is 0 Å². The van der Waals surface area contributed by atoms with Crippen molar-refractivity contribution in [3.8, 4) is 22.5 Å². The Balaban J connectivity index is 0.000000175. The second-order valence-electron chi connectivity index (χ2n) is 7.94. The van der Waals surface area contributed by atoms with Gasteiger partial charge in [-0.15, -0.1) is 54.1 Å². The smallest absolute Gasteiger partial charge is 0.130 e. The van der Waals surface area contributed by atoms with Gasteiger partial charge in [0.25, 0.3) is 0 Å². The van der Waals surface area contributed by atoms with Crippen LogP contribution in [-0.4, -0.2) is 15.0 Å². The van der Waals surface area contributed by atoms with Crippen molar-refractivity contribution in [3.05, 3.63) is 128 Å². The molecule has 3 aromatic carbocycles. The van der Waals surface area contributed by atoms with E-state index in [1.807, 2.05) is 85.1 Å². The Morgan fingerprint density at radius 3 is 2.11 bits per heavy atom. The first kappa shape index (κ1) is 23.6. The van der Waals surface area contributed by atoms with Crippen LogP contribution in [0.2, 0.25) is 0 Å². The molecule has 0 atom stereocenters. The van der Waals surface area contributed by atoms with Gasteiger partial charge in [-0.05, 0) is 35.0 Å². The van der Waals surface area contributed by atoms with Crippen molar-refractivity contribution in [2.45, 2.75) is 0 Å². The second-order valence-corrected chi connectivity index (χ2v) is 7.94. The third-order valence-electron chi connectivity index (χ3n) is 5.79. The summed E-state index contributed by atoms with van der Waals surface area (Å²) in [6, 6.07) is 36.1. The van der Waals surface area contributed by atoms with Crippen LogP contribution < -0.4 is 0 Å². The van der Waals surface area contributed by atoms with E-state index in [1.54, 1.807) is 18.6 Å². The predicted molar refractivity (Wildman–Crippen MR) is 140 cm³/mol. The van der Waals surface area contributed by atoms with Gasteiger partial charge in [0, 0.05) is 55.7 Å². The fourth-order valence-electron chi connectivity index (χ4n) is 4.14. The largest absolute Gasteiger partial charge is 0.500 e. The Morgan fingerprint density at radius 1 is 0.583 bits per heavy atom. The molecule has 1 radical (unpaired) electrons. The van der Waals surface area contributed by atoms with Crippen LogP contribution in [0.15, 0.2) is 120 Å². The van der Waals surface area contributed by atoms with E-state index in [9.17, 15) is 0 Å². The van der Waals surface area contributed by atoms with Crippen molar-refractivity contribution in [2.75, 3.05) is 0 Å². The number of aromatic nitrogens is 3. The average Bonchev–Trinajstić information content (AvgIpc) is 3.34. The Bertz CT molecular complexity index is 1700. The number of hydrogen-bond acceptors (Lipinski definition) is 4. The van der Waals surface area contributed by atoms with E-state index in [4.69, 9.17) is 4.42 Å². The molecule has 0 spiro atoms. The third-order valence-corrected chi connectivity index (χ3v) is 5.79. The van der Waals surface area contributed by atoms with E-state index < -0.39 is 0 Å². The van der Waals surface area contributed by atoms with Gasteiger partial charge >= 0.3 is 0 Å². The Kier molecular flexibility index (Phi) is 6.94. The molecule has 4 heterocycles. The molecule has 7 aromatic rings. The zero-order valence-corrected chi connectivity index (χ0v) is 21.4. The van der Waals surface area contributed by atoms with Gasteiger partial charge in [-0.1, -0.05) is 47.3 Å². The maximum Gasteiger partial charge on any atom is 0.130 e. The molecule has 7 rings (SSSR count). The minimum absolute atomic E-state index is 0. The molecule has 0 unspecified atom stereocenters. The molecule has 0 saturated heterocycles. The van der Waals surface area contributed by atoms with Gasteiger partial charge in [-0.25, -0.2) is 0 Å². The topological polar surface area (TPSA) is 51.8 Å². The van der Waals surface area contributed by atoms with Crippen molar-refractivity contribution in [2.24, 2.45) is 0 Å². The van der Waals surface area contributed by atoms with Gasteiger partial charge < -0.3 is 14.4 Å². The number of benzene rings is 3. The monoisotopic (exact) mass is 642 g/mol. The summed E-state index contributed by atoms with van der Waals surface area (Å²) in [6.07, 6.45) is 7.22. The molecule has 0 N–H and O–H groups in total. The molecular formula is C31H19IrN3O-2. The van der Waals surface area contributed by atoms with Crippen molar-refractivity contribution in [1.29, 1.82) is 0 Å². The quantitative estimate of drug-likeness (QED) is 0.183. The van der Waals surface area contributed by atoms with E-state index in [1.165, 1.54) is 0 Å². The first-order valence-electron chi connectivity index (χ1n) is 11.3. The Hall–Kier alpha value is -4.18. The molecule has 4 aromatic heterocycles. The minimum atomic E-state index is 0. The zero-order valence-electron chi connectivity index (χ0n) is 19.1. The second kappa shape index (κ2) is 10.6. The number of furan rings is 1. The van der Waals surface area contributed by atoms with Gasteiger partial charge in [0.1, 0.15) is 5.58 Å². The predicted octanol–water partition coefficient (Wildman–Crippen LogP) is 7.54. The average molecular weight is 642 g/mol. The molecular weight excluding hydrogens is 623 g/mol. The number of pyridine rings is 3. The van der Waals surface area contributed by atoms with Gasteiger partial charge in [-0.2, -0.15) is 0 Å². The van der Waals surface area contributed by atoms with E-state index >= 15 is 0 Å². The normalized spacial score (nSPS) is 10.6. The van der Waals surface area contributed by atoms with Gasteiger partial charge in [0.05, 0.1) is 5.58 Å². The standard InChI is InChI=1S/C20H11N2O.C11H8N.Ir/c1-2-10-22-18(6-1)16-5-3-4-14-15-8-7-13-9-11-21-12-17(13)20(15)23-19(14)16;1-2-6-10(7-3-1)11-8-4-5-9-12-11;/h1-4,6-12H;1-6,8-9H;/q2*-1;. The first-order valence-corrected chi connectivity index (χ1v) is 11.3. The van der Waals surface area contributed by atoms with Crippen LogP contribution in [0.5, 0.6) is 0 Å². The number of hydrogen-bond donors (Lipinski definition) is 0. The van der Waals surface area contributed by atoms with Gasteiger partial charge in [0.2, 0.25) is 0 Å². The van der Waals surface area contributed by atoms with Crippen LogP contribution in [-0.2, 0) is 20.1 Å². The summed E-state index contributed by atoms with van der Waals surface area (Å²) in [4.78, 5) is 12.9. The summed E-state index contributed by atoms with van der Waals surface area (Å²) in [5.41, 5.74) is 5.44. The zero-order chi connectivity index (χ0) is 23.5. The van der Waals surface area contributed by atoms with Crippen LogP contribution in [0, 0.1) is 12.1 Å². The van der Waals surface area contributed by atoms with Crippen LogP contribution in [0.4, 0.5) is 0 Å². The van der Waals surface area contributed by atoms with Crippen LogP contribution in [0.1, 0.15) is 0 Å². The van der Waals surface area contributed by atoms with Gasteiger partial charge in [0.15, 0.2) is 0 Å². The summed E-state index contributed by atoms with van der Waals surface area (Å²) >= 11 is 0. The molecule has 5 heteroatoms. The molecule has 36 heavy (non-hydrogen) atoms. The SMILES string of the molecule is [Ir].[c-]1ccc2c(oc3c4cnccc4ccc23)c1-c1ccccn1.[c-]1ccccc1-c1ccccn1. The molecule has 4 nitrogen and oxygen atoms in total. The fraction of sp³-hybridized carbons (Fsp3) is 0. The van der Waals surface area contributed by atoms with Crippen LogP contribution in [0.25, 0.3) is 55.2 Å². The van der Waals surface area contributed by atoms with E-state index in [0.29, 0.717) is 0 Å². The molecule has 0 saturated carbocycles. The molecule has 175 valence electrons. The van der Waals surface area contributed by atoms with E-state index in [2.05, 4.69) is 39.2 Å². The molecule has 0 aliphatic carbocycles. The molecule has 0 fully saturated rings. The summed E-state index contributed by atoms with van der Waals surface area (Å²) in [5.74, 6) is 0. The Morgan fingerprint density at radius 2 is 1.36 bits per heavy atom. The van der Waals surface area contributed by atoms with Crippen molar-refractivity contribution in [3.63, 3.8) is 0 Å². The summed E-state index contributed by atoms with van der Waals surface area (Å²) in [6.45, 7) is 0. The summed E-state index contributed by atoms with van der Waals surface area (Å²) in [5, 5.41) is 4.31. The van der Waals surface area contributed by atoms with E-state index in [0.717, 1.165) is 55.2 Å². The minimum Gasteiger partial charge on any atom is -0.500 e. The fourth-order valence-corrected chi connectivity index (χ4v) is 4.14. The van der Waals surface area contributed by atoms with Gasteiger partial charge in [-0.3, -0.25) is 4.98 Å². The molecule has 0 aliphatic rings. The molecule has 0 aliphatic heterocycles. The van der Waals surface area contributed by atoms with Crippen LogP contribution in [0.3, 0.4) is 0 Å². The summed E-state index contributed by atoms with van der Waals surface area (Å²) < 4.78 is 6.24. The number of fused-ring (bicyclic) bond motifs is 5. The summed E-state index contributed by atoms with van der Waals surface area (Å²) in [7, 11) is 0. The van der Waals surface area contributed by atoms with Crippen molar-refractivity contribution in [1.82, 2.24) is 15.0 Å². The Labute approximate surface area is 222 Å².